The molecule has 1 fully saturated rings. The number of carbonyl (C=O) groups is 1. The molecule has 0 atom stereocenters. The Kier molecular flexibility index (Phi) is 5.76. The molecule has 0 saturated carbocycles. The number of hydrogen-bond donors (Lipinski definition) is 2. The van der Waals surface area contributed by atoms with Crippen LogP contribution in [0, 0.1) is 12.7 Å². The Labute approximate surface area is 158 Å². The second kappa shape index (κ2) is 8.06. The van der Waals surface area contributed by atoms with Gasteiger partial charge in [0.2, 0.25) is 15.9 Å². The average molecular weight is 391 g/mol. The number of halogens is 1. The van der Waals surface area contributed by atoms with Crippen LogP contribution >= 0.6 is 0 Å². The van der Waals surface area contributed by atoms with Crippen molar-refractivity contribution < 1.29 is 17.6 Å². The average Bonchev–Trinajstić information content (AvgIpc) is 3.17. The van der Waals surface area contributed by atoms with Crippen LogP contribution in [-0.4, -0.2) is 38.3 Å². The third-order valence-corrected chi connectivity index (χ3v) is 6.34. The summed E-state index contributed by atoms with van der Waals surface area (Å²) in [7, 11) is -3.53. The highest BCUT2D eigenvalue weighted by Gasteiger charge is 2.27. The van der Waals surface area contributed by atoms with Crippen molar-refractivity contribution in [1.29, 1.82) is 0 Å². The third-order valence-electron chi connectivity index (χ3n) is 4.45. The van der Waals surface area contributed by atoms with E-state index in [-0.39, 0.29) is 23.2 Å². The molecule has 1 saturated heterocycles. The molecule has 3 rings (SSSR count). The summed E-state index contributed by atoms with van der Waals surface area (Å²) in [5.41, 5.74) is 1.77. The summed E-state index contributed by atoms with van der Waals surface area (Å²) in [4.78, 5) is 12.3. The zero-order valence-electron chi connectivity index (χ0n) is 15.0. The number of sulfonamides is 1. The van der Waals surface area contributed by atoms with Crippen LogP contribution in [0.1, 0.15) is 18.4 Å². The fourth-order valence-corrected chi connectivity index (χ4v) is 4.58. The molecule has 1 amide bonds. The number of carbonyl (C=O) groups excluding carboxylic acids is 1. The number of hydrogen-bond acceptors (Lipinski definition) is 4. The quantitative estimate of drug-likeness (QED) is 0.794. The SMILES string of the molecule is Cc1cc(F)ccc1NCC(=O)Nc1cccc(S(=O)(=O)N2CCCC2)c1. The molecule has 0 spiro atoms. The second-order valence-corrected chi connectivity index (χ2v) is 8.44. The number of rotatable bonds is 6. The van der Waals surface area contributed by atoms with Gasteiger partial charge in [0.05, 0.1) is 11.4 Å². The zero-order valence-corrected chi connectivity index (χ0v) is 15.9. The van der Waals surface area contributed by atoms with Crippen LogP contribution in [0.4, 0.5) is 15.8 Å². The number of aryl methyl sites for hydroxylation is 1. The van der Waals surface area contributed by atoms with Gasteiger partial charge in [-0.05, 0) is 61.7 Å². The van der Waals surface area contributed by atoms with Crippen molar-refractivity contribution in [3.63, 3.8) is 0 Å². The molecule has 8 heteroatoms. The molecule has 2 aromatic carbocycles. The maximum absolute atomic E-state index is 13.1. The van der Waals surface area contributed by atoms with Crippen LogP contribution in [-0.2, 0) is 14.8 Å². The fraction of sp³-hybridized carbons (Fsp3) is 0.316. The standard InChI is InChI=1S/C19H22FN3O3S/c1-14-11-15(20)7-8-18(14)21-13-19(24)22-16-5-4-6-17(12-16)27(25,26)23-9-2-3-10-23/h4-8,11-12,21H,2-3,9-10,13H2,1H3,(H,22,24). The molecule has 1 aliphatic rings. The highest BCUT2D eigenvalue weighted by molar-refractivity contribution is 7.89. The van der Waals surface area contributed by atoms with Crippen LogP contribution in [0.2, 0.25) is 0 Å². The first-order valence-electron chi connectivity index (χ1n) is 8.76. The van der Waals surface area contributed by atoms with Gasteiger partial charge in [-0.15, -0.1) is 0 Å². The topological polar surface area (TPSA) is 78.5 Å². The predicted molar refractivity (Wildman–Crippen MR) is 103 cm³/mol. The zero-order chi connectivity index (χ0) is 19.4. The Morgan fingerprint density at radius 2 is 1.89 bits per heavy atom. The lowest BCUT2D eigenvalue weighted by Crippen LogP contribution is -2.28. The van der Waals surface area contributed by atoms with Gasteiger partial charge in [-0.1, -0.05) is 6.07 Å². The van der Waals surface area contributed by atoms with E-state index < -0.39 is 10.0 Å². The van der Waals surface area contributed by atoms with Gasteiger partial charge >= 0.3 is 0 Å². The van der Waals surface area contributed by atoms with Crippen molar-refractivity contribution in [3.8, 4) is 0 Å². The molecule has 0 unspecified atom stereocenters. The van der Waals surface area contributed by atoms with Gasteiger partial charge in [-0.25, -0.2) is 12.8 Å². The number of anilines is 2. The van der Waals surface area contributed by atoms with Crippen molar-refractivity contribution in [2.24, 2.45) is 0 Å². The van der Waals surface area contributed by atoms with Crippen molar-refractivity contribution >= 4 is 27.3 Å². The number of nitrogens with one attached hydrogen (secondary N) is 2. The lowest BCUT2D eigenvalue weighted by molar-refractivity contribution is -0.114. The van der Waals surface area contributed by atoms with E-state index >= 15 is 0 Å². The minimum Gasteiger partial charge on any atom is -0.376 e. The van der Waals surface area contributed by atoms with Gasteiger partial charge in [-0.3, -0.25) is 4.79 Å². The summed E-state index contributed by atoms with van der Waals surface area (Å²) >= 11 is 0. The maximum Gasteiger partial charge on any atom is 0.243 e. The lowest BCUT2D eigenvalue weighted by atomic mass is 10.2. The van der Waals surface area contributed by atoms with Crippen LogP contribution < -0.4 is 10.6 Å². The summed E-state index contributed by atoms with van der Waals surface area (Å²) in [6, 6.07) is 10.5. The summed E-state index contributed by atoms with van der Waals surface area (Å²) in [5.74, 6) is -0.659. The highest BCUT2D eigenvalue weighted by Crippen LogP contribution is 2.23. The Morgan fingerprint density at radius 3 is 2.59 bits per heavy atom. The molecule has 0 bridgehead atoms. The summed E-state index contributed by atoms with van der Waals surface area (Å²) in [6.07, 6.45) is 1.73. The van der Waals surface area contributed by atoms with E-state index in [1.54, 1.807) is 25.1 Å². The van der Waals surface area contributed by atoms with Gasteiger partial charge in [0, 0.05) is 24.5 Å². The van der Waals surface area contributed by atoms with Gasteiger partial charge in [0.25, 0.3) is 0 Å². The van der Waals surface area contributed by atoms with Crippen LogP contribution in [0.5, 0.6) is 0 Å². The number of amides is 1. The fourth-order valence-electron chi connectivity index (χ4n) is 3.02. The molecule has 144 valence electrons. The molecule has 6 nitrogen and oxygen atoms in total. The monoisotopic (exact) mass is 391 g/mol. The van der Waals surface area contributed by atoms with Gasteiger partial charge in [0.1, 0.15) is 5.82 Å². The van der Waals surface area contributed by atoms with Crippen LogP contribution in [0.3, 0.4) is 0 Å². The second-order valence-electron chi connectivity index (χ2n) is 6.50. The van der Waals surface area contributed by atoms with Crippen molar-refractivity contribution in [1.82, 2.24) is 4.31 Å². The molecule has 2 N–H and O–H groups in total. The normalized spacial score (nSPS) is 14.9. The molecule has 1 heterocycles. The molecule has 0 radical (unpaired) electrons. The Bertz CT molecular complexity index is 941. The van der Waals surface area contributed by atoms with E-state index in [9.17, 15) is 17.6 Å². The first-order valence-corrected chi connectivity index (χ1v) is 10.2. The molecule has 0 aliphatic carbocycles. The number of benzene rings is 2. The largest absolute Gasteiger partial charge is 0.376 e. The van der Waals surface area contributed by atoms with Gasteiger partial charge in [-0.2, -0.15) is 4.31 Å². The molecule has 0 aromatic heterocycles. The summed E-state index contributed by atoms with van der Waals surface area (Å²) in [6.45, 7) is 2.78. The molecule has 2 aromatic rings. The van der Waals surface area contributed by atoms with E-state index in [1.165, 1.54) is 28.6 Å². The van der Waals surface area contributed by atoms with E-state index in [0.29, 0.717) is 30.0 Å². The molecule has 1 aliphatic heterocycles. The minimum atomic E-state index is -3.53. The first-order chi connectivity index (χ1) is 12.9. The van der Waals surface area contributed by atoms with Crippen LogP contribution in [0.15, 0.2) is 47.4 Å². The van der Waals surface area contributed by atoms with Crippen molar-refractivity contribution in [3.05, 3.63) is 53.8 Å². The Balaban J connectivity index is 1.64. The van der Waals surface area contributed by atoms with E-state index in [2.05, 4.69) is 10.6 Å². The van der Waals surface area contributed by atoms with E-state index in [1.807, 2.05) is 0 Å². The first kappa shape index (κ1) is 19.3. The van der Waals surface area contributed by atoms with Crippen molar-refractivity contribution in [2.75, 3.05) is 30.3 Å². The number of nitrogens with zero attached hydrogens (tertiary/aromatic N) is 1. The molecular formula is C19H22FN3O3S. The minimum absolute atomic E-state index is 0.0183. The predicted octanol–water partition coefficient (Wildman–Crippen LogP) is 2.97. The molecule has 27 heavy (non-hydrogen) atoms. The summed E-state index contributed by atoms with van der Waals surface area (Å²) in [5, 5.41) is 5.63. The van der Waals surface area contributed by atoms with Gasteiger partial charge < -0.3 is 10.6 Å². The Morgan fingerprint density at radius 1 is 1.15 bits per heavy atom. The highest BCUT2D eigenvalue weighted by atomic mass is 32.2. The third kappa shape index (κ3) is 4.64. The Hall–Kier alpha value is -2.45. The maximum atomic E-state index is 13.1. The van der Waals surface area contributed by atoms with E-state index in [4.69, 9.17) is 0 Å². The lowest BCUT2D eigenvalue weighted by Gasteiger charge is -2.16. The van der Waals surface area contributed by atoms with Gasteiger partial charge in [0.15, 0.2) is 0 Å². The smallest absolute Gasteiger partial charge is 0.243 e. The van der Waals surface area contributed by atoms with Crippen LogP contribution in [0.25, 0.3) is 0 Å². The molecular weight excluding hydrogens is 369 g/mol. The van der Waals surface area contributed by atoms with E-state index in [0.717, 1.165) is 12.8 Å². The van der Waals surface area contributed by atoms with Crippen molar-refractivity contribution in [2.45, 2.75) is 24.7 Å². The summed E-state index contributed by atoms with van der Waals surface area (Å²) < 4.78 is 39.8.